The van der Waals surface area contributed by atoms with Crippen molar-refractivity contribution < 1.29 is 23.8 Å². The summed E-state index contributed by atoms with van der Waals surface area (Å²) in [6.45, 7) is 2.21. The zero-order valence-corrected chi connectivity index (χ0v) is 18.8. The molecule has 2 atom stereocenters. The Labute approximate surface area is 192 Å². The van der Waals surface area contributed by atoms with E-state index in [0.29, 0.717) is 11.3 Å². The molecule has 0 bridgehead atoms. The Bertz CT molecular complexity index is 1160. The summed E-state index contributed by atoms with van der Waals surface area (Å²) in [5, 5.41) is 3.04. The molecule has 7 nitrogen and oxygen atoms in total. The van der Waals surface area contributed by atoms with Crippen molar-refractivity contribution in [1.29, 1.82) is 0 Å². The molecule has 4 rings (SSSR count). The number of hydrogen-bond acceptors (Lipinski definition) is 6. The summed E-state index contributed by atoms with van der Waals surface area (Å²) in [6, 6.07) is 22.0. The zero-order valence-electron chi connectivity index (χ0n) is 18.8. The topological polar surface area (TPSA) is 77.1 Å². The lowest BCUT2D eigenvalue weighted by Crippen LogP contribution is -2.48. The molecule has 33 heavy (non-hydrogen) atoms. The second-order valence-electron chi connectivity index (χ2n) is 7.73. The van der Waals surface area contributed by atoms with Gasteiger partial charge in [0.05, 0.1) is 38.1 Å². The number of fused-ring (bicyclic) bond motifs is 1. The van der Waals surface area contributed by atoms with Gasteiger partial charge in [-0.05, 0) is 55.0 Å². The molecular formula is C26H26N2O5. The first-order chi connectivity index (χ1) is 16.0. The Kier molecular flexibility index (Phi) is 6.49. The second-order valence-corrected chi connectivity index (χ2v) is 7.73. The van der Waals surface area contributed by atoms with Crippen LogP contribution in [-0.2, 0) is 9.53 Å². The molecule has 1 N–H and O–H groups in total. The summed E-state index contributed by atoms with van der Waals surface area (Å²) in [4.78, 5) is 27.2. The average Bonchev–Trinajstić information content (AvgIpc) is 2.87. The van der Waals surface area contributed by atoms with E-state index in [1.54, 1.807) is 25.3 Å². The van der Waals surface area contributed by atoms with Crippen molar-refractivity contribution in [2.75, 3.05) is 25.7 Å². The van der Waals surface area contributed by atoms with Crippen molar-refractivity contribution in [3.8, 4) is 11.5 Å². The van der Waals surface area contributed by atoms with Gasteiger partial charge in [0.25, 0.3) is 5.91 Å². The molecule has 1 aliphatic rings. The molecule has 1 amide bonds. The molecule has 0 saturated heterocycles. The number of anilines is 2. The average molecular weight is 447 g/mol. The van der Waals surface area contributed by atoms with Gasteiger partial charge in [0.15, 0.2) is 6.10 Å². The minimum absolute atomic E-state index is 0.228. The van der Waals surface area contributed by atoms with E-state index in [4.69, 9.17) is 14.2 Å². The minimum Gasteiger partial charge on any atom is -0.497 e. The molecule has 170 valence electrons. The van der Waals surface area contributed by atoms with E-state index in [1.807, 2.05) is 66.4 Å². The first-order valence-electron chi connectivity index (χ1n) is 10.7. The third-order valence-corrected chi connectivity index (χ3v) is 5.60. The van der Waals surface area contributed by atoms with Crippen LogP contribution in [0.15, 0.2) is 72.8 Å². The number of esters is 1. The molecule has 0 fully saturated rings. The van der Waals surface area contributed by atoms with E-state index in [0.717, 1.165) is 22.7 Å². The number of carbonyl (C=O) groups excluding carboxylic acids is 2. The number of rotatable bonds is 6. The van der Waals surface area contributed by atoms with E-state index in [-0.39, 0.29) is 18.5 Å². The lowest BCUT2D eigenvalue weighted by atomic mass is 10.1. The van der Waals surface area contributed by atoms with Crippen molar-refractivity contribution >= 4 is 23.3 Å². The lowest BCUT2D eigenvalue weighted by molar-refractivity contribution is -0.128. The predicted molar refractivity (Wildman–Crippen MR) is 125 cm³/mol. The lowest BCUT2D eigenvalue weighted by Gasteiger charge is -2.36. The van der Waals surface area contributed by atoms with Gasteiger partial charge in [-0.2, -0.15) is 0 Å². The molecule has 0 saturated carbocycles. The smallest absolute Gasteiger partial charge is 0.337 e. The molecule has 0 radical (unpaired) electrons. The Morgan fingerprint density at radius 2 is 1.82 bits per heavy atom. The number of para-hydroxylation sites is 2. The third-order valence-electron chi connectivity index (χ3n) is 5.60. The summed E-state index contributed by atoms with van der Waals surface area (Å²) in [5.41, 5.74) is 2.96. The highest BCUT2D eigenvalue weighted by atomic mass is 16.5. The normalized spacial score (nSPS) is 15.6. The van der Waals surface area contributed by atoms with Crippen LogP contribution in [0.3, 0.4) is 0 Å². The molecule has 0 aliphatic carbocycles. The van der Waals surface area contributed by atoms with Gasteiger partial charge >= 0.3 is 5.97 Å². The van der Waals surface area contributed by atoms with E-state index in [1.165, 1.54) is 7.11 Å². The van der Waals surface area contributed by atoms with Crippen LogP contribution < -0.4 is 19.7 Å². The minimum atomic E-state index is -0.741. The van der Waals surface area contributed by atoms with Crippen LogP contribution in [0.5, 0.6) is 11.5 Å². The van der Waals surface area contributed by atoms with Crippen molar-refractivity contribution in [3.05, 3.63) is 83.9 Å². The maximum atomic E-state index is 13.2. The molecule has 7 heteroatoms. The van der Waals surface area contributed by atoms with Crippen molar-refractivity contribution in [2.24, 2.45) is 0 Å². The number of hydrogen-bond donors (Lipinski definition) is 1. The second kappa shape index (κ2) is 9.65. The fourth-order valence-electron chi connectivity index (χ4n) is 3.83. The van der Waals surface area contributed by atoms with Gasteiger partial charge in [-0.25, -0.2) is 4.79 Å². The van der Waals surface area contributed by atoms with Crippen molar-refractivity contribution in [3.63, 3.8) is 0 Å². The van der Waals surface area contributed by atoms with Crippen LogP contribution in [0.4, 0.5) is 11.4 Å². The first kappa shape index (κ1) is 22.2. The number of carbonyl (C=O) groups is 2. The fourth-order valence-corrected chi connectivity index (χ4v) is 3.83. The molecule has 0 spiro atoms. The first-order valence-corrected chi connectivity index (χ1v) is 10.7. The van der Waals surface area contributed by atoms with Crippen LogP contribution in [0.2, 0.25) is 0 Å². The molecule has 3 aromatic rings. The maximum absolute atomic E-state index is 13.2. The van der Waals surface area contributed by atoms with Crippen LogP contribution >= 0.6 is 0 Å². The molecule has 1 unspecified atom stereocenters. The van der Waals surface area contributed by atoms with Crippen LogP contribution in [0, 0.1) is 0 Å². The Morgan fingerprint density at radius 1 is 1.03 bits per heavy atom. The van der Waals surface area contributed by atoms with Gasteiger partial charge in [-0.1, -0.05) is 30.3 Å². The number of benzene rings is 3. The van der Waals surface area contributed by atoms with Crippen molar-refractivity contribution in [2.45, 2.75) is 19.1 Å². The van der Waals surface area contributed by atoms with Gasteiger partial charge in [0.2, 0.25) is 0 Å². The molecule has 3 aromatic carbocycles. The predicted octanol–water partition coefficient (Wildman–Crippen LogP) is 4.26. The molecular weight excluding hydrogens is 420 g/mol. The largest absolute Gasteiger partial charge is 0.497 e. The fraction of sp³-hybridized carbons (Fsp3) is 0.231. The van der Waals surface area contributed by atoms with Crippen LogP contribution in [0.25, 0.3) is 0 Å². The molecule has 1 aliphatic heterocycles. The monoisotopic (exact) mass is 446 g/mol. The molecule has 1 heterocycles. The zero-order chi connectivity index (χ0) is 23.4. The third kappa shape index (κ3) is 4.77. The van der Waals surface area contributed by atoms with E-state index < -0.39 is 12.1 Å². The summed E-state index contributed by atoms with van der Waals surface area (Å²) >= 11 is 0. The maximum Gasteiger partial charge on any atom is 0.337 e. The van der Waals surface area contributed by atoms with Gasteiger partial charge in [-0.15, -0.1) is 0 Å². The highest BCUT2D eigenvalue weighted by Gasteiger charge is 2.32. The summed E-state index contributed by atoms with van der Waals surface area (Å²) in [5.74, 6) is 0.684. The number of ether oxygens (including phenoxy) is 3. The summed E-state index contributed by atoms with van der Waals surface area (Å²) in [7, 11) is 2.96. The van der Waals surface area contributed by atoms with Crippen molar-refractivity contribution in [1.82, 2.24) is 5.32 Å². The van der Waals surface area contributed by atoms with Gasteiger partial charge in [0, 0.05) is 5.69 Å². The van der Waals surface area contributed by atoms with Gasteiger partial charge in [-0.3, -0.25) is 4.79 Å². The Morgan fingerprint density at radius 3 is 2.61 bits per heavy atom. The highest BCUT2D eigenvalue weighted by molar-refractivity contribution is 5.91. The SMILES string of the molecule is COC(=O)c1cccc(N2CC(C(=O)N[C@H](C)c3cccc(OC)c3)Oc3ccccc32)c1. The van der Waals surface area contributed by atoms with Gasteiger partial charge in [0.1, 0.15) is 11.5 Å². The standard InChI is InChI=1S/C26H26N2O5/c1-17(18-8-7-11-21(15-18)31-2)27-25(29)24-16-28(22-12-4-5-13-23(22)33-24)20-10-6-9-19(14-20)26(30)32-3/h4-15,17,24H,16H2,1-3H3,(H,27,29)/t17-,24?/m1/s1. The molecule has 0 aromatic heterocycles. The number of methoxy groups -OCH3 is 2. The number of nitrogens with one attached hydrogen (secondary N) is 1. The van der Waals surface area contributed by atoms with Crippen LogP contribution in [0.1, 0.15) is 28.9 Å². The van der Waals surface area contributed by atoms with E-state index in [2.05, 4.69) is 5.32 Å². The number of amides is 1. The van der Waals surface area contributed by atoms with E-state index >= 15 is 0 Å². The quantitative estimate of drug-likeness (QED) is 0.570. The summed E-state index contributed by atoms with van der Waals surface area (Å²) < 4.78 is 16.2. The van der Waals surface area contributed by atoms with Crippen LogP contribution in [-0.4, -0.2) is 38.7 Å². The van der Waals surface area contributed by atoms with E-state index in [9.17, 15) is 9.59 Å². The van der Waals surface area contributed by atoms with Gasteiger partial charge < -0.3 is 24.4 Å². The summed E-state index contributed by atoms with van der Waals surface area (Å²) in [6.07, 6.45) is -0.741. The highest BCUT2D eigenvalue weighted by Crippen LogP contribution is 2.38. The number of nitrogens with zero attached hydrogens (tertiary/aromatic N) is 1. The Hall–Kier alpha value is -4.00. The Balaban J connectivity index is 1.58.